The molecule has 0 N–H and O–H groups in total. The fourth-order valence-corrected chi connectivity index (χ4v) is 1.36. The van der Waals surface area contributed by atoms with Gasteiger partial charge in [0.25, 0.3) is 5.78 Å². The summed E-state index contributed by atoms with van der Waals surface area (Å²) in [7, 11) is 0. The van der Waals surface area contributed by atoms with Crippen LogP contribution < -0.4 is 5.11 Å². The first-order valence-electron chi connectivity index (χ1n) is 3.66. The zero-order valence-electron chi connectivity index (χ0n) is 7.18. The summed E-state index contributed by atoms with van der Waals surface area (Å²) < 4.78 is 1.21. The van der Waals surface area contributed by atoms with Crippen LogP contribution in [0.4, 0.5) is 0 Å². The molecular formula is C7H7N4OS-. The number of aryl methyl sites for hydroxylation is 1. The fourth-order valence-electron chi connectivity index (χ4n) is 1.02. The van der Waals surface area contributed by atoms with Gasteiger partial charge in [-0.15, -0.1) is 5.10 Å². The maximum atomic E-state index is 11.3. The molecule has 0 amide bonds. The summed E-state index contributed by atoms with van der Waals surface area (Å²) in [5.41, 5.74) is 0.664. The SMILES string of the molecule is CSc1nc2nc(C)cc([O-])n2n1. The van der Waals surface area contributed by atoms with E-state index in [4.69, 9.17) is 0 Å². The molecule has 2 rings (SSSR count). The molecule has 6 heteroatoms. The lowest BCUT2D eigenvalue weighted by atomic mass is 10.4. The average Bonchev–Trinajstić information content (AvgIpc) is 2.47. The number of aromatic nitrogens is 4. The molecule has 0 aliphatic rings. The molecule has 13 heavy (non-hydrogen) atoms. The van der Waals surface area contributed by atoms with E-state index >= 15 is 0 Å². The summed E-state index contributed by atoms with van der Waals surface area (Å²) in [6.45, 7) is 1.76. The largest absolute Gasteiger partial charge is 0.858 e. The Hall–Kier alpha value is -1.30. The molecule has 0 fully saturated rings. The molecule has 0 atom stereocenters. The Balaban J connectivity index is 2.75. The molecule has 0 saturated carbocycles. The van der Waals surface area contributed by atoms with Crippen molar-refractivity contribution in [3.8, 4) is 5.88 Å². The van der Waals surface area contributed by atoms with E-state index in [1.54, 1.807) is 6.92 Å². The van der Waals surface area contributed by atoms with Gasteiger partial charge >= 0.3 is 0 Å². The van der Waals surface area contributed by atoms with E-state index < -0.39 is 0 Å². The molecule has 2 aromatic rings. The first kappa shape index (κ1) is 8.31. The number of thioether (sulfide) groups is 1. The monoisotopic (exact) mass is 195 g/mol. The lowest BCUT2D eigenvalue weighted by Crippen LogP contribution is -2.03. The normalized spacial score (nSPS) is 10.9. The van der Waals surface area contributed by atoms with Crippen molar-refractivity contribution in [3.05, 3.63) is 11.8 Å². The van der Waals surface area contributed by atoms with Gasteiger partial charge in [-0.2, -0.15) is 4.98 Å². The Morgan fingerprint density at radius 2 is 2.23 bits per heavy atom. The second-order valence-electron chi connectivity index (χ2n) is 2.55. The lowest BCUT2D eigenvalue weighted by molar-refractivity contribution is -0.277. The van der Waals surface area contributed by atoms with Crippen LogP contribution in [0.2, 0.25) is 0 Å². The average molecular weight is 195 g/mol. The Kier molecular flexibility index (Phi) is 1.84. The third-order valence-corrected chi connectivity index (χ3v) is 2.11. The smallest absolute Gasteiger partial charge is 0.252 e. The van der Waals surface area contributed by atoms with Gasteiger partial charge in [0.15, 0.2) is 0 Å². The first-order chi connectivity index (χ1) is 6.20. The van der Waals surface area contributed by atoms with E-state index in [-0.39, 0.29) is 5.88 Å². The second kappa shape index (κ2) is 2.88. The summed E-state index contributed by atoms with van der Waals surface area (Å²) >= 11 is 1.39. The van der Waals surface area contributed by atoms with Gasteiger partial charge in [0.2, 0.25) is 5.16 Å². The van der Waals surface area contributed by atoms with Crippen LogP contribution in [0.5, 0.6) is 5.88 Å². The maximum absolute atomic E-state index is 11.3. The van der Waals surface area contributed by atoms with Crippen molar-refractivity contribution < 1.29 is 5.11 Å². The zero-order chi connectivity index (χ0) is 9.42. The van der Waals surface area contributed by atoms with Gasteiger partial charge in [0.05, 0.1) is 0 Å². The molecule has 0 aromatic carbocycles. The van der Waals surface area contributed by atoms with Crippen LogP contribution in [0.1, 0.15) is 5.69 Å². The maximum Gasteiger partial charge on any atom is 0.252 e. The molecule has 2 heterocycles. The third kappa shape index (κ3) is 1.33. The molecular weight excluding hydrogens is 188 g/mol. The van der Waals surface area contributed by atoms with Gasteiger partial charge < -0.3 is 5.11 Å². The van der Waals surface area contributed by atoms with Crippen molar-refractivity contribution in [2.75, 3.05) is 6.26 Å². The van der Waals surface area contributed by atoms with Crippen LogP contribution in [-0.4, -0.2) is 25.8 Å². The molecule has 0 bridgehead atoms. The topological polar surface area (TPSA) is 66.1 Å². The van der Waals surface area contributed by atoms with E-state index in [1.165, 1.54) is 22.3 Å². The minimum Gasteiger partial charge on any atom is -0.858 e. The fraction of sp³-hybridized carbons (Fsp3) is 0.286. The van der Waals surface area contributed by atoms with Gasteiger partial charge in [-0.1, -0.05) is 11.8 Å². The number of hydrogen-bond donors (Lipinski definition) is 0. The second-order valence-corrected chi connectivity index (χ2v) is 3.32. The van der Waals surface area contributed by atoms with Crippen molar-refractivity contribution >= 4 is 17.5 Å². The summed E-state index contributed by atoms with van der Waals surface area (Å²) in [5.74, 6) is 0.185. The van der Waals surface area contributed by atoms with Crippen LogP contribution in [0.15, 0.2) is 11.2 Å². The van der Waals surface area contributed by atoms with Crippen molar-refractivity contribution in [2.24, 2.45) is 0 Å². The quantitative estimate of drug-likeness (QED) is 0.609. The van der Waals surface area contributed by atoms with Crippen molar-refractivity contribution in [2.45, 2.75) is 12.1 Å². The first-order valence-corrected chi connectivity index (χ1v) is 4.88. The van der Waals surface area contributed by atoms with E-state index in [0.717, 1.165) is 0 Å². The molecule has 0 spiro atoms. The number of fused-ring (bicyclic) bond motifs is 1. The van der Waals surface area contributed by atoms with Crippen LogP contribution in [0.25, 0.3) is 5.78 Å². The van der Waals surface area contributed by atoms with Crippen LogP contribution >= 0.6 is 11.8 Å². The van der Waals surface area contributed by atoms with Crippen LogP contribution in [0.3, 0.4) is 0 Å². The van der Waals surface area contributed by atoms with E-state index in [9.17, 15) is 5.11 Å². The van der Waals surface area contributed by atoms with E-state index in [1.807, 2.05) is 6.26 Å². The number of rotatable bonds is 1. The van der Waals surface area contributed by atoms with Gasteiger partial charge in [-0.05, 0) is 25.1 Å². The van der Waals surface area contributed by atoms with Crippen molar-refractivity contribution in [1.82, 2.24) is 19.6 Å². The molecule has 0 saturated heterocycles. The van der Waals surface area contributed by atoms with Crippen LogP contribution in [0, 0.1) is 6.92 Å². The molecule has 2 aromatic heterocycles. The Morgan fingerprint density at radius 3 is 2.92 bits per heavy atom. The Labute approximate surface area is 78.8 Å². The predicted octanol–water partition coefficient (Wildman–Crippen LogP) is 0.228. The summed E-state index contributed by atoms with van der Waals surface area (Å²) in [6.07, 6.45) is 1.85. The lowest BCUT2D eigenvalue weighted by Gasteiger charge is -2.06. The van der Waals surface area contributed by atoms with E-state index in [2.05, 4.69) is 15.1 Å². The highest BCUT2D eigenvalue weighted by atomic mass is 32.2. The van der Waals surface area contributed by atoms with Gasteiger partial charge in [-0.25, -0.2) is 9.50 Å². The van der Waals surface area contributed by atoms with Crippen molar-refractivity contribution in [3.63, 3.8) is 0 Å². The highest BCUT2D eigenvalue weighted by Crippen LogP contribution is 2.13. The molecule has 68 valence electrons. The standard InChI is InChI=1S/C7H8N4OS/c1-4-3-5(12)11-6(8-4)9-7(10-11)13-2/h3,12H,1-2H3/p-1. The van der Waals surface area contributed by atoms with Crippen LogP contribution in [-0.2, 0) is 0 Å². The third-order valence-electron chi connectivity index (χ3n) is 1.57. The number of nitrogens with zero attached hydrogens (tertiary/aromatic N) is 4. The minimum atomic E-state index is -0.185. The van der Waals surface area contributed by atoms with Gasteiger partial charge in [-0.3, -0.25) is 0 Å². The Bertz CT molecular complexity index is 453. The Morgan fingerprint density at radius 1 is 1.46 bits per heavy atom. The summed E-state index contributed by atoms with van der Waals surface area (Å²) in [4.78, 5) is 8.14. The molecule has 0 aliphatic carbocycles. The summed E-state index contributed by atoms with van der Waals surface area (Å²) in [6, 6.07) is 1.44. The highest BCUT2D eigenvalue weighted by molar-refractivity contribution is 7.98. The molecule has 5 nitrogen and oxygen atoms in total. The van der Waals surface area contributed by atoms with Gasteiger partial charge in [0, 0.05) is 5.69 Å². The summed E-state index contributed by atoms with van der Waals surface area (Å²) in [5, 5.41) is 15.9. The minimum absolute atomic E-state index is 0.185. The predicted molar refractivity (Wildman–Crippen MR) is 46.7 cm³/mol. The molecule has 0 radical (unpaired) electrons. The number of hydrogen-bond acceptors (Lipinski definition) is 5. The highest BCUT2D eigenvalue weighted by Gasteiger charge is 2.03. The molecule has 0 unspecified atom stereocenters. The molecule has 0 aliphatic heterocycles. The van der Waals surface area contributed by atoms with Crippen molar-refractivity contribution in [1.29, 1.82) is 0 Å². The van der Waals surface area contributed by atoms with E-state index in [0.29, 0.717) is 16.6 Å². The zero-order valence-corrected chi connectivity index (χ0v) is 8.00. The van der Waals surface area contributed by atoms with Gasteiger partial charge in [0.1, 0.15) is 0 Å².